The van der Waals surface area contributed by atoms with Gasteiger partial charge < -0.3 is 5.73 Å². The summed E-state index contributed by atoms with van der Waals surface area (Å²) in [4.78, 5) is 4.03. The zero-order chi connectivity index (χ0) is 12.7. The van der Waals surface area contributed by atoms with Crippen molar-refractivity contribution in [3.05, 3.63) is 48.2 Å². The summed E-state index contributed by atoms with van der Waals surface area (Å²) in [6.45, 7) is 0. The van der Waals surface area contributed by atoms with Crippen LogP contribution in [0.1, 0.15) is 12.1 Å². The fourth-order valence-corrected chi connectivity index (χ4v) is 2.12. The SMILES string of the molecule is Nc1cc(C(F)F)nc2c1ccc1ccccc12. The van der Waals surface area contributed by atoms with Crippen LogP contribution in [0, 0.1) is 0 Å². The van der Waals surface area contributed by atoms with E-state index in [2.05, 4.69) is 4.98 Å². The molecule has 0 spiro atoms. The lowest BCUT2D eigenvalue weighted by Crippen LogP contribution is -1.96. The van der Waals surface area contributed by atoms with Crippen molar-refractivity contribution < 1.29 is 8.78 Å². The number of halogens is 2. The van der Waals surface area contributed by atoms with Crippen LogP contribution < -0.4 is 5.73 Å². The van der Waals surface area contributed by atoms with Gasteiger partial charge in [-0.05, 0) is 11.5 Å². The monoisotopic (exact) mass is 244 g/mol. The molecule has 0 amide bonds. The van der Waals surface area contributed by atoms with Crippen molar-refractivity contribution in [1.82, 2.24) is 4.98 Å². The van der Waals surface area contributed by atoms with E-state index in [0.29, 0.717) is 16.6 Å². The minimum absolute atomic E-state index is 0.281. The quantitative estimate of drug-likeness (QED) is 0.659. The van der Waals surface area contributed by atoms with Crippen molar-refractivity contribution in [2.24, 2.45) is 0 Å². The Morgan fingerprint density at radius 2 is 1.78 bits per heavy atom. The average Bonchev–Trinajstić information content (AvgIpc) is 2.38. The summed E-state index contributed by atoms with van der Waals surface area (Å²) in [6.07, 6.45) is -2.62. The van der Waals surface area contributed by atoms with Crippen LogP contribution in [-0.4, -0.2) is 4.98 Å². The van der Waals surface area contributed by atoms with Crippen LogP contribution in [0.5, 0.6) is 0 Å². The highest BCUT2D eigenvalue weighted by Gasteiger charge is 2.13. The van der Waals surface area contributed by atoms with Gasteiger partial charge in [0.25, 0.3) is 6.43 Å². The topological polar surface area (TPSA) is 38.9 Å². The number of hydrogen-bond donors (Lipinski definition) is 1. The van der Waals surface area contributed by atoms with E-state index < -0.39 is 6.43 Å². The summed E-state index contributed by atoms with van der Waals surface area (Å²) in [5.74, 6) is 0. The van der Waals surface area contributed by atoms with Crippen molar-refractivity contribution in [2.75, 3.05) is 5.73 Å². The Kier molecular flexibility index (Phi) is 2.37. The highest BCUT2D eigenvalue weighted by atomic mass is 19.3. The van der Waals surface area contributed by atoms with Gasteiger partial charge >= 0.3 is 0 Å². The van der Waals surface area contributed by atoms with E-state index in [0.717, 1.165) is 10.8 Å². The van der Waals surface area contributed by atoms with E-state index in [9.17, 15) is 8.78 Å². The second kappa shape index (κ2) is 3.91. The second-order valence-electron chi connectivity index (χ2n) is 4.12. The Hall–Kier alpha value is -2.23. The minimum atomic E-state index is -2.62. The maximum absolute atomic E-state index is 12.8. The number of hydrogen-bond acceptors (Lipinski definition) is 2. The van der Waals surface area contributed by atoms with Crippen molar-refractivity contribution in [3.8, 4) is 0 Å². The Labute approximate surface area is 102 Å². The van der Waals surface area contributed by atoms with Gasteiger partial charge in [0.15, 0.2) is 0 Å². The van der Waals surface area contributed by atoms with E-state index in [4.69, 9.17) is 5.73 Å². The molecule has 3 aromatic rings. The number of benzene rings is 2. The van der Waals surface area contributed by atoms with E-state index in [1.165, 1.54) is 6.07 Å². The number of alkyl halides is 2. The molecule has 0 fully saturated rings. The molecular weight excluding hydrogens is 234 g/mol. The maximum Gasteiger partial charge on any atom is 0.280 e. The predicted octanol–water partition coefficient (Wildman–Crippen LogP) is 3.91. The van der Waals surface area contributed by atoms with Crippen LogP contribution in [0.3, 0.4) is 0 Å². The van der Waals surface area contributed by atoms with Crippen LogP contribution >= 0.6 is 0 Å². The Balaban J connectivity index is 2.48. The molecule has 0 aliphatic heterocycles. The number of nitrogen functional groups attached to an aromatic ring is 1. The lowest BCUT2D eigenvalue weighted by molar-refractivity contribution is 0.146. The molecule has 2 nitrogen and oxygen atoms in total. The Bertz CT molecular complexity index is 738. The first kappa shape index (κ1) is 10.9. The molecule has 1 aromatic heterocycles. The van der Waals surface area contributed by atoms with Crippen LogP contribution in [0.2, 0.25) is 0 Å². The Morgan fingerprint density at radius 1 is 1.00 bits per heavy atom. The molecule has 0 radical (unpaired) electrons. The number of nitrogens with zero attached hydrogens (tertiary/aromatic N) is 1. The van der Waals surface area contributed by atoms with Gasteiger partial charge in [-0.2, -0.15) is 0 Å². The number of nitrogens with two attached hydrogens (primary N) is 1. The molecule has 0 saturated carbocycles. The van der Waals surface area contributed by atoms with E-state index in [1.54, 1.807) is 0 Å². The highest BCUT2D eigenvalue weighted by molar-refractivity contribution is 6.08. The molecule has 0 bridgehead atoms. The summed E-state index contributed by atoms with van der Waals surface area (Å²) in [5.41, 5.74) is 6.40. The number of rotatable bonds is 1. The fraction of sp³-hybridized carbons (Fsp3) is 0.0714. The van der Waals surface area contributed by atoms with Crippen molar-refractivity contribution in [1.29, 1.82) is 0 Å². The number of fused-ring (bicyclic) bond motifs is 3. The lowest BCUT2D eigenvalue weighted by atomic mass is 10.0. The van der Waals surface area contributed by atoms with Crippen LogP contribution in [0.25, 0.3) is 21.7 Å². The molecule has 2 aromatic carbocycles. The third-order valence-corrected chi connectivity index (χ3v) is 2.98. The molecule has 3 rings (SSSR count). The average molecular weight is 244 g/mol. The first-order valence-electron chi connectivity index (χ1n) is 5.53. The summed E-state index contributed by atoms with van der Waals surface area (Å²) in [7, 11) is 0. The molecule has 2 N–H and O–H groups in total. The molecule has 0 aliphatic carbocycles. The molecule has 0 aliphatic rings. The highest BCUT2D eigenvalue weighted by Crippen LogP contribution is 2.30. The van der Waals surface area contributed by atoms with E-state index in [1.807, 2.05) is 36.4 Å². The lowest BCUT2D eigenvalue weighted by Gasteiger charge is -2.08. The smallest absolute Gasteiger partial charge is 0.280 e. The molecule has 4 heteroatoms. The number of aromatic nitrogens is 1. The van der Waals surface area contributed by atoms with Crippen molar-refractivity contribution in [3.63, 3.8) is 0 Å². The third kappa shape index (κ3) is 1.57. The van der Waals surface area contributed by atoms with Gasteiger partial charge in [0.1, 0.15) is 5.69 Å². The summed E-state index contributed by atoms with van der Waals surface area (Å²) < 4.78 is 25.5. The van der Waals surface area contributed by atoms with Crippen molar-refractivity contribution in [2.45, 2.75) is 6.43 Å². The summed E-state index contributed by atoms with van der Waals surface area (Å²) in [6, 6.07) is 12.5. The number of pyridine rings is 1. The van der Waals surface area contributed by atoms with E-state index in [-0.39, 0.29) is 5.69 Å². The van der Waals surface area contributed by atoms with Gasteiger partial charge in [0.2, 0.25) is 0 Å². The van der Waals surface area contributed by atoms with Gasteiger partial charge in [-0.1, -0.05) is 36.4 Å². The molecule has 1 heterocycles. The van der Waals surface area contributed by atoms with Crippen LogP contribution in [0.15, 0.2) is 42.5 Å². The van der Waals surface area contributed by atoms with E-state index >= 15 is 0 Å². The number of anilines is 1. The standard InChI is InChI=1S/C14H10F2N2/c15-14(16)12-7-11(17)10-6-5-8-3-1-2-4-9(8)13(10)18-12/h1-7,14H,(H2,17,18). The van der Waals surface area contributed by atoms with Gasteiger partial charge in [-0.15, -0.1) is 0 Å². The summed E-state index contributed by atoms with van der Waals surface area (Å²) in [5, 5.41) is 2.51. The van der Waals surface area contributed by atoms with Gasteiger partial charge in [0.05, 0.1) is 5.52 Å². The van der Waals surface area contributed by atoms with Gasteiger partial charge in [-0.25, -0.2) is 13.8 Å². The normalized spacial score (nSPS) is 11.5. The minimum Gasteiger partial charge on any atom is -0.398 e. The molecule has 0 unspecified atom stereocenters. The van der Waals surface area contributed by atoms with Gasteiger partial charge in [-0.3, -0.25) is 0 Å². The predicted molar refractivity (Wildman–Crippen MR) is 68.6 cm³/mol. The fourth-order valence-electron chi connectivity index (χ4n) is 2.12. The molecule has 90 valence electrons. The maximum atomic E-state index is 12.8. The summed E-state index contributed by atoms with van der Waals surface area (Å²) >= 11 is 0. The van der Waals surface area contributed by atoms with Crippen LogP contribution in [-0.2, 0) is 0 Å². The molecule has 0 saturated heterocycles. The first-order chi connectivity index (χ1) is 8.66. The zero-order valence-corrected chi connectivity index (χ0v) is 9.40. The Morgan fingerprint density at radius 3 is 2.56 bits per heavy atom. The third-order valence-electron chi connectivity index (χ3n) is 2.98. The zero-order valence-electron chi connectivity index (χ0n) is 9.40. The molecule has 0 atom stereocenters. The second-order valence-corrected chi connectivity index (χ2v) is 4.12. The first-order valence-corrected chi connectivity index (χ1v) is 5.53. The van der Waals surface area contributed by atoms with Crippen molar-refractivity contribution >= 4 is 27.4 Å². The molecular formula is C14H10F2N2. The molecule has 18 heavy (non-hydrogen) atoms. The largest absolute Gasteiger partial charge is 0.398 e. The van der Waals surface area contributed by atoms with Gasteiger partial charge in [0, 0.05) is 16.5 Å². The van der Waals surface area contributed by atoms with Crippen LogP contribution in [0.4, 0.5) is 14.5 Å².